The van der Waals surface area contributed by atoms with Crippen molar-refractivity contribution in [1.29, 1.82) is 0 Å². The smallest absolute Gasteiger partial charge is 0.242 e. The molecule has 2 amide bonds. The molecule has 0 aromatic carbocycles. The fraction of sp³-hybridized carbons (Fsp3) is 0.500. The molecule has 2 aliphatic heterocycles. The summed E-state index contributed by atoms with van der Waals surface area (Å²) in [5.74, 6) is -0.00560. The molecule has 2 N–H and O–H groups in total. The lowest BCUT2D eigenvalue weighted by atomic mass is 10.3. The Kier molecular flexibility index (Phi) is 11.1. The van der Waals surface area contributed by atoms with Gasteiger partial charge in [-0.25, -0.2) is 0 Å². The van der Waals surface area contributed by atoms with E-state index in [2.05, 4.69) is 44.2 Å². The van der Waals surface area contributed by atoms with Crippen LogP contribution in [0.2, 0.25) is 0 Å². The van der Waals surface area contributed by atoms with Crippen LogP contribution in [0.1, 0.15) is 27.7 Å². The Morgan fingerprint density at radius 1 is 0.853 bits per heavy atom. The summed E-state index contributed by atoms with van der Waals surface area (Å²) in [5.41, 5.74) is 1.74. The molecular formula is C20H30N8O2S4. The number of carbonyl (C=O) groups excluding carboxylic acids is 2. The first-order valence-electron chi connectivity index (χ1n) is 10.3. The Morgan fingerprint density at radius 3 is 1.50 bits per heavy atom. The van der Waals surface area contributed by atoms with Gasteiger partial charge in [-0.2, -0.15) is 0 Å². The van der Waals surface area contributed by atoms with Crippen molar-refractivity contribution in [2.75, 3.05) is 27.2 Å². The van der Waals surface area contributed by atoms with Gasteiger partial charge < -0.3 is 10.6 Å². The van der Waals surface area contributed by atoms with Gasteiger partial charge in [-0.15, -0.1) is 20.4 Å². The maximum Gasteiger partial charge on any atom is 0.242 e. The minimum absolute atomic E-state index is 0.00280. The van der Waals surface area contributed by atoms with E-state index >= 15 is 0 Å². The normalized spacial score (nSPS) is 23.9. The predicted molar refractivity (Wildman–Crippen MR) is 150 cm³/mol. The summed E-state index contributed by atoms with van der Waals surface area (Å²) in [6.45, 7) is 16.0. The molecule has 2 atom stereocenters. The Hall–Kier alpha value is -1.90. The van der Waals surface area contributed by atoms with Gasteiger partial charge in [0.25, 0.3) is 0 Å². The second kappa shape index (κ2) is 13.3. The summed E-state index contributed by atoms with van der Waals surface area (Å²) < 4.78 is 0. The average Bonchev–Trinajstić information content (AvgIpc) is 3.19. The number of thioether (sulfide) groups is 2. The van der Waals surface area contributed by atoms with Crippen molar-refractivity contribution in [3.8, 4) is 0 Å². The minimum Gasteiger partial charge on any atom is -0.366 e. The molecule has 0 radical (unpaired) electrons. The zero-order chi connectivity index (χ0) is 25.4. The number of amidine groups is 4. The SMILES string of the molecule is C=C(C)CN1C(=O)C(C)SC1=NN=C(NC)SSC(=NN=C1SC(C)C(=O)N1CC(=C)C)NC. The largest absolute Gasteiger partial charge is 0.366 e. The van der Waals surface area contributed by atoms with E-state index in [-0.39, 0.29) is 22.3 Å². The maximum absolute atomic E-state index is 12.4. The molecule has 34 heavy (non-hydrogen) atoms. The second-order valence-electron chi connectivity index (χ2n) is 7.53. The predicted octanol–water partition coefficient (Wildman–Crippen LogP) is 3.14. The minimum atomic E-state index is -0.206. The highest BCUT2D eigenvalue weighted by molar-refractivity contribution is 8.87. The summed E-state index contributed by atoms with van der Waals surface area (Å²) in [4.78, 5) is 27.9. The molecule has 2 rings (SSSR count). The first kappa shape index (κ1) is 28.3. The number of nitrogens with zero attached hydrogens (tertiary/aromatic N) is 6. The van der Waals surface area contributed by atoms with E-state index in [0.29, 0.717) is 33.8 Å². The van der Waals surface area contributed by atoms with Gasteiger partial charge in [-0.1, -0.05) is 47.8 Å². The van der Waals surface area contributed by atoms with Crippen molar-refractivity contribution < 1.29 is 9.59 Å². The summed E-state index contributed by atoms with van der Waals surface area (Å²) in [5, 5.41) is 24.8. The van der Waals surface area contributed by atoms with E-state index in [4.69, 9.17) is 0 Å². The number of nitrogens with one attached hydrogen (secondary N) is 2. The Morgan fingerprint density at radius 2 is 1.21 bits per heavy atom. The number of rotatable bonds is 6. The van der Waals surface area contributed by atoms with Gasteiger partial charge in [-0.3, -0.25) is 19.4 Å². The van der Waals surface area contributed by atoms with Crippen molar-refractivity contribution in [2.24, 2.45) is 20.4 Å². The Balaban J connectivity index is 2.11. The molecule has 2 fully saturated rings. The van der Waals surface area contributed by atoms with Crippen LogP contribution >= 0.6 is 45.1 Å². The molecular weight excluding hydrogens is 513 g/mol. The monoisotopic (exact) mass is 542 g/mol. The van der Waals surface area contributed by atoms with Crippen LogP contribution in [0.5, 0.6) is 0 Å². The molecule has 2 aliphatic rings. The lowest BCUT2D eigenvalue weighted by molar-refractivity contribution is -0.126. The number of carbonyl (C=O) groups is 2. The van der Waals surface area contributed by atoms with Gasteiger partial charge in [0, 0.05) is 27.2 Å². The van der Waals surface area contributed by atoms with E-state index < -0.39 is 0 Å². The standard InChI is InChI=1S/C20H30N8O2S4/c1-11(2)9-27-15(29)13(5)31-19(27)25-23-17(21-7)33-34-18(22-8)24-26-20-28(10-12(3)4)16(30)14(6)32-20/h13-14H,1,3,9-10H2,2,4-8H3,(H,21,23)(H,22,24). The van der Waals surface area contributed by atoms with Crippen molar-refractivity contribution in [3.05, 3.63) is 24.3 Å². The van der Waals surface area contributed by atoms with Crippen LogP contribution < -0.4 is 10.6 Å². The molecule has 0 saturated carbocycles. The third kappa shape index (κ3) is 7.82. The lowest BCUT2D eigenvalue weighted by Gasteiger charge is -2.15. The molecule has 2 saturated heterocycles. The molecule has 2 unspecified atom stereocenters. The summed E-state index contributed by atoms with van der Waals surface area (Å²) in [6, 6.07) is 0. The Bertz CT molecular complexity index is 886. The van der Waals surface area contributed by atoms with Crippen molar-refractivity contribution in [2.45, 2.75) is 38.2 Å². The van der Waals surface area contributed by atoms with Gasteiger partial charge in [0.2, 0.25) is 11.8 Å². The molecule has 0 bridgehead atoms. The van der Waals surface area contributed by atoms with E-state index in [1.807, 2.05) is 27.7 Å². The Labute approximate surface area is 217 Å². The van der Waals surface area contributed by atoms with Crippen molar-refractivity contribution in [3.63, 3.8) is 0 Å². The highest BCUT2D eigenvalue weighted by atomic mass is 33.1. The zero-order valence-corrected chi connectivity index (χ0v) is 23.4. The van der Waals surface area contributed by atoms with Gasteiger partial charge in [-0.05, 0) is 49.3 Å². The van der Waals surface area contributed by atoms with Crippen LogP contribution in [0, 0.1) is 0 Å². The van der Waals surface area contributed by atoms with Crippen LogP contribution in [0.25, 0.3) is 0 Å². The van der Waals surface area contributed by atoms with Crippen LogP contribution in [0.3, 0.4) is 0 Å². The molecule has 186 valence electrons. The molecule has 14 heteroatoms. The summed E-state index contributed by atoms with van der Waals surface area (Å²) in [7, 11) is 6.08. The van der Waals surface area contributed by atoms with Gasteiger partial charge in [0.05, 0.1) is 10.5 Å². The molecule has 0 aliphatic carbocycles. The summed E-state index contributed by atoms with van der Waals surface area (Å²) >= 11 is 2.74. The van der Waals surface area contributed by atoms with Crippen molar-refractivity contribution in [1.82, 2.24) is 20.4 Å². The highest BCUT2D eigenvalue weighted by Gasteiger charge is 2.36. The first-order chi connectivity index (χ1) is 16.1. The van der Waals surface area contributed by atoms with Gasteiger partial charge in [0.15, 0.2) is 20.7 Å². The van der Waals surface area contributed by atoms with E-state index in [1.165, 1.54) is 45.1 Å². The van der Waals surface area contributed by atoms with Gasteiger partial charge >= 0.3 is 0 Å². The van der Waals surface area contributed by atoms with Crippen LogP contribution in [-0.4, -0.2) is 80.0 Å². The number of hydrogen-bond acceptors (Lipinski definition) is 10. The quantitative estimate of drug-likeness (QED) is 0.173. The fourth-order valence-corrected chi connectivity index (χ4v) is 6.10. The molecule has 0 spiro atoms. The van der Waals surface area contributed by atoms with E-state index in [9.17, 15) is 9.59 Å². The highest BCUT2D eigenvalue weighted by Crippen LogP contribution is 2.29. The second-order valence-corrected chi connectivity index (χ2v) is 12.2. The van der Waals surface area contributed by atoms with Crippen LogP contribution in [-0.2, 0) is 9.59 Å². The van der Waals surface area contributed by atoms with Crippen LogP contribution in [0.4, 0.5) is 0 Å². The van der Waals surface area contributed by atoms with Gasteiger partial charge in [0.1, 0.15) is 0 Å². The topological polar surface area (TPSA) is 114 Å². The molecule has 0 aromatic heterocycles. The molecule has 10 nitrogen and oxygen atoms in total. The third-order valence-electron chi connectivity index (χ3n) is 4.19. The zero-order valence-electron chi connectivity index (χ0n) is 20.1. The first-order valence-corrected chi connectivity index (χ1v) is 14.2. The van der Waals surface area contributed by atoms with E-state index in [0.717, 1.165) is 11.1 Å². The molecule has 0 aromatic rings. The summed E-state index contributed by atoms with van der Waals surface area (Å²) in [6.07, 6.45) is 0. The average molecular weight is 543 g/mol. The third-order valence-corrected chi connectivity index (χ3v) is 8.49. The number of amides is 2. The lowest BCUT2D eigenvalue weighted by Crippen LogP contribution is -2.32. The fourth-order valence-electron chi connectivity index (χ4n) is 2.63. The number of hydrogen-bond donors (Lipinski definition) is 2. The molecule has 2 heterocycles. The van der Waals surface area contributed by atoms with Crippen LogP contribution in [0.15, 0.2) is 44.7 Å². The maximum atomic E-state index is 12.4. The van der Waals surface area contributed by atoms with Crippen molar-refractivity contribution >= 4 is 77.6 Å². The van der Waals surface area contributed by atoms with E-state index in [1.54, 1.807) is 23.9 Å².